The predicted octanol–water partition coefficient (Wildman–Crippen LogP) is 2.92. The Balaban J connectivity index is 1.77. The summed E-state index contributed by atoms with van der Waals surface area (Å²) in [5.41, 5.74) is 0.522. The summed E-state index contributed by atoms with van der Waals surface area (Å²) in [4.78, 5) is 0. The number of halogens is 3. The molecule has 0 aliphatic heterocycles. The molecular weight excluding hydrogens is 305 g/mol. The third-order valence-corrected chi connectivity index (χ3v) is 3.22. The first-order valence-electron chi connectivity index (χ1n) is 5.76. The lowest BCUT2D eigenvalue weighted by Gasteiger charge is -2.06. The molecule has 0 saturated carbocycles. The summed E-state index contributed by atoms with van der Waals surface area (Å²) in [6.07, 6.45) is -4.48. The van der Waals surface area contributed by atoms with E-state index < -0.39 is 11.2 Å². The number of ether oxygens (including phenoxy) is 1. The van der Waals surface area contributed by atoms with Crippen LogP contribution in [0.1, 0.15) is 10.6 Å². The number of nitriles is 1. The number of hydrogen-bond acceptors (Lipinski definition) is 6. The summed E-state index contributed by atoms with van der Waals surface area (Å²) in [6, 6.07) is 8.50. The zero-order valence-electron chi connectivity index (χ0n) is 10.5. The van der Waals surface area contributed by atoms with E-state index in [1.54, 1.807) is 24.3 Å². The Kier molecular flexibility index (Phi) is 4.59. The number of anilines is 1. The summed E-state index contributed by atoms with van der Waals surface area (Å²) < 4.78 is 42.3. The highest BCUT2D eigenvalue weighted by Crippen LogP contribution is 2.32. The topological polar surface area (TPSA) is 70.8 Å². The zero-order chi connectivity index (χ0) is 15.3. The van der Waals surface area contributed by atoms with Crippen molar-refractivity contribution in [2.75, 3.05) is 18.5 Å². The van der Waals surface area contributed by atoms with Crippen LogP contribution in [0.15, 0.2) is 24.3 Å². The number of benzene rings is 1. The van der Waals surface area contributed by atoms with Crippen LogP contribution >= 0.6 is 11.3 Å². The first kappa shape index (κ1) is 15.1. The molecule has 1 heterocycles. The lowest BCUT2D eigenvalue weighted by molar-refractivity contribution is -0.138. The minimum Gasteiger partial charge on any atom is -0.492 e. The third kappa shape index (κ3) is 4.32. The minimum absolute atomic E-state index is 0.0887. The van der Waals surface area contributed by atoms with Crippen molar-refractivity contribution in [3.8, 4) is 11.8 Å². The Morgan fingerprint density at radius 3 is 2.52 bits per heavy atom. The summed E-state index contributed by atoms with van der Waals surface area (Å²) in [6.45, 7) is 0.527. The molecule has 2 aromatic rings. The van der Waals surface area contributed by atoms with E-state index in [1.165, 1.54) is 0 Å². The zero-order valence-corrected chi connectivity index (χ0v) is 11.3. The Bertz CT molecular complexity index is 633. The van der Waals surface area contributed by atoms with E-state index in [2.05, 4.69) is 15.5 Å². The van der Waals surface area contributed by atoms with Crippen LogP contribution in [0.5, 0.6) is 5.75 Å². The average molecular weight is 314 g/mol. The molecular formula is C12H9F3N4OS. The van der Waals surface area contributed by atoms with Gasteiger partial charge in [-0.2, -0.15) is 18.4 Å². The van der Waals surface area contributed by atoms with Crippen molar-refractivity contribution < 1.29 is 17.9 Å². The van der Waals surface area contributed by atoms with Crippen molar-refractivity contribution in [3.05, 3.63) is 34.8 Å². The Hall–Kier alpha value is -2.34. The van der Waals surface area contributed by atoms with E-state index in [9.17, 15) is 13.2 Å². The van der Waals surface area contributed by atoms with Crippen molar-refractivity contribution in [2.24, 2.45) is 0 Å². The highest BCUT2D eigenvalue weighted by molar-refractivity contribution is 7.15. The first-order chi connectivity index (χ1) is 9.99. The highest BCUT2D eigenvalue weighted by atomic mass is 32.1. The molecule has 110 valence electrons. The number of rotatable bonds is 5. The van der Waals surface area contributed by atoms with Crippen LogP contribution in [0.4, 0.5) is 18.3 Å². The van der Waals surface area contributed by atoms with E-state index in [-0.39, 0.29) is 18.3 Å². The number of nitrogens with one attached hydrogen (secondary N) is 1. The van der Waals surface area contributed by atoms with Crippen molar-refractivity contribution >= 4 is 16.5 Å². The third-order valence-electron chi connectivity index (χ3n) is 2.30. The molecule has 0 bridgehead atoms. The van der Waals surface area contributed by atoms with E-state index in [4.69, 9.17) is 10.00 Å². The maximum Gasteiger partial charge on any atom is 0.445 e. The fraction of sp³-hybridized carbons (Fsp3) is 0.250. The molecule has 0 fully saturated rings. The van der Waals surface area contributed by atoms with Gasteiger partial charge < -0.3 is 10.1 Å². The van der Waals surface area contributed by atoms with Crippen LogP contribution < -0.4 is 10.1 Å². The van der Waals surface area contributed by atoms with Crippen LogP contribution in [0.25, 0.3) is 0 Å². The molecule has 0 unspecified atom stereocenters. The molecule has 5 nitrogen and oxygen atoms in total. The molecule has 0 aliphatic carbocycles. The molecule has 0 spiro atoms. The quantitative estimate of drug-likeness (QED) is 0.859. The van der Waals surface area contributed by atoms with Gasteiger partial charge in [0, 0.05) is 0 Å². The second-order valence-electron chi connectivity index (χ2n) is 3.82. The summed E-state index contributed by atoms with van der Waals surface area (Å²) >= 11 is 0.441. The first-order valence-corrected chi connectivity index (χ1v) is 6.58. The average Bonchev–Trinajstić information content (AvgIpc) is 2.93. The maximum absolute atomic E-state index is 12.3. The molecule has 2 rings (SSSR count). The molecule has 0 amide bonds. The number of alkyl halides is 3. The second-order valence-corrected chi connectivity index (χ2v) is 4.80. The Morgan fingerprint density at radius 1 is 1.24 bits per heavy atom. The fourth-order valence-electron chi connectivity index (χ4n) is 1.36. The molecule has 1 aromatic heterocycles. The largest absolute Gasteiger partial charge is 0.492 e. The smallest absolute Gasteiger partial charge is 0.445 e. The van der Waals surface area contributed by atoms with Gasteiger partial charge in [-0.3, -0.25) is 0 Å². The lowest BCUT2D eigenvalue weighted by atomic mass is 10.2. The fourth-order valence-corrected chi connectivity index (χ4v) is 2.00. The molecule has 9 heteroatoms. The Labute approximate surface area is 122 Å². The standard InChI is InChI=1S/C12H9F3N4OS/c13-12(14,15)10-18-19-11(21-10)17-5-6-20-9-3-1-8(7-16)2-4-9/h1-4H,5-6H2,(H,17,19). The van der Waals surface area contributed by atoms with Crippen LogP contribution in [0.2, 0.25) is 0 Å². The normalized spacial score (nSPS) is 11.0. The molecule has 0 aliphatic rings. The summed E-state index contributed by atoms with van der Waals surface area (Å²) in [5.74, 6) is 0.573. The monoisotopic (exact) mass is 314 g/mol. The van der Waals surface area contributed by atoms with E-state index in [0.29, 0.717) is 22.6 Å². The lowest BCUT2D eigenvalue weighted by Crippen LogP contribution is -2.11. The number of aromatic nitrogens is 2. The molecule has 1 aromatic carbocycles. The number of hydrogen-bond donors (Lipinski definition) is 1. The van der Waals surface area contributed by atoms with Gasteiger partial charge in [0.2, 0.25) is 10.1 Å². The highest BCUT2D eigenvalue weighted by Gasteiger charge is 2.35. The van der Waals surface area contributed by atoms with Gasteiger partial charge in [0.1, 0.15) is 12.4 Å². The Morgan fingerprint density at radius 2 is 1.95 bits per heavy atom. The number of nitrogens with zero attached hydrogens (tertiary/aromatic N) is 3. The van der Waals surface area contributed by atoms with Gasteiger partial charge in [-0.15, -0.1) is 10.2 Å². The van der Waals surface area contributed by atoms with E-state index >= 15 is 0 Å². The second kappa shape index (κ2) is 6.41. The predicted molar refractivity (Wildman–Crippen MR) is 70.1 cm³/mol. The summed E-state index contributed by atoms with van der Waals surface area (Å²) in [5, 5.41) is 16.9. The molecule has 0 atom stereocenters. The maximum atomic E-state index is 12.3. The van der Waals surface area contributed by atoms with Crippen LogP contribution in [0.3, 0.4) is 0 Å². The molecule has 0 saturated heterocycles. The van der Waals surface area contributed by atoms with Crippen molar-refractivity contribution in [1.82, 2.24) is 10.2 Å². The van der Waals surface area contributed by atoms with Gasteiger partial charge in [-0.1, -0.05) is 11.3 Å². The SMILES string of the molecule is N#Cc1ccc(OCCNc2nnc(C(F)(F)F)s2)cc1. The van der Waals surface area contributed by atoms with E-state index in [0.717, 1.165) is 0 Å². The van der Waals surface area contributed by atoms with Gasteiger partial charge in [0.25, 0.3) is 0 Å². The van der Waals surface area contributed by atoms with Gasteiger partial charge >= 0.3 is 6.18 Å². The minimum atomic E-state index is -4.48. The van der Waals surface area contributed by atoms with Gasteiger partial charge in [-0.25, -0.2) is 0 Å². The van der Waals surface area contributed by atoms with Crippen molar-refractivity contribution in [2.45, 2.75) is 6.18 Å². The van der Waals surface area contributed by atoms with E-state index in [1.807, 2.05) is 6.07 Å². The van der Waals surface area contributed by atoms with Gasteiger partial charge in [0.15, 0.2) is 0 Å². The van der Waals surface area contributed by atoms with Gasteiger partial charge in [0.05, 0.1) is 18.2 Å². The van der Waals surface area contributed by atoms with Crippen molar-refractivity contribution in [1.29, 1.82) is 5.26 Å². The van der Waals surface area contributed by atoms with Crippen LogP contribution in [0, 0.1) is 11.3 Å². The van der Waals surface area contributed by atoms with Crippen molar-refractivity contribution in [3.63, 3.8) is 0 Å². The molecule has 1 N–H and O–H groups in total. The van der Waals surface area contributed by atoms with Gasteiger partial charge in [-0.05, 0) is 24.3 Å². The summed E-state index contributed by atoms with van der Waals surface area (Å²) in [7, 11) is 0. The van der Waals surface area contributed by atoms with Crippen LogP contribution in [-0.2, 0) is 6.18 Å². The molecule has 21 heavy (non-hydrogen) atoms. The van der Waals surface area contributed by atoms with Crippen LogP contribution in [-0.4, -0.2) is 23.3 Å². The molecule has 0 radical (unpaired) electrons.